The Morgan fingerprint density at radius 3 is 2.80 bits per heavy atom. The van der Waals surface area contributed by atoms with E-state index in [0.29, 0.717) is 6.42 Å². The molecule has 0 fully saturated rings. The molecule has 0 spiro atoms. The molecule has 4 nitrogen and oxygen atoms in total. The molecule has 25 heavy (non-hydrogen) atoms. The van der Waals surface area contributed by atoms with E-state index >= 15 is 0 Å². The third kappa shape index (κ3) is 4.04. The van der Waals surface area contributed by atoms with E-state index in [2.05, 4.69) is 5.32 Å². The molecule has 0 aromatic heterocycles. The molecule has 1 aliphatic heterocycles. The van der Waals surface area contributed by atoms with E-state index < -0.39 is 0 Å². The van der Waals surface area contributed by atoms with Crippen LogP contribution in [0.2, 0.25) is 0 Å². The van der Waals surface area contributed by atoms with Crippen molar-refractivity contribution in [2.75, 3.05) is 16.8 Å². The second-order valence-corrected chi connectivity index (χ2v) is 7.93. The lowest BCUT2D eigenvalue weighted by Gasteiger charge is -2.22. The Labute approximate surface area is 152 Å². The molecule has 0 bridgehead atoms. The summed E-state index contributed by atoms with van der Waals surface area (Å²) in [5.74, 6) is -0.197. The number of anilines is 2. The molecule has 1 N–H and O–H groups in total. The summed E-state index contributed by atoms with van der Waals surface area (Å²) in [6.07, 6.45) is 0.427. The van der Waals surface area contributed by atoms with E-state index in [9.17, 15) is 9.59 Å². The lowest BCUT2D eigenvalue weighted by Crippen LogP contribution is -2.38. The van der Waals surface area contributed by atoms with Crippen LogP contribution in [0.4, 0.5) is 11.4 Å². The second-order valence-electron chi connectivity index (χ2n) is 6.45. The van der Waals surface area contributed by atoms with Crippen molar-refractivity contribution >= 4 is 35.0 Å². The van der Waals surface area contributed by atoms with Crippen LogP contribution in [-0.4, -0.2) is 23.6 Å². The molecule has 2 aromatic rings. The quantitative estimate of drug-likeness (QED) is 0.900. The van der Waals surface area contributed by atoms with Gasteiger partial charge < -0.3 is 10.2 Å². The van der Waals surface area contributed by atoms with E-state index in [-0.39, 0.29) is 23.6 Å². The van der Waals surface area contributed by atoms with Crippen molar-refractivity contribution in [1.29, 1.82) is 0 Å². The highest BCUT2D eigenvalue weighted by atomic mass is 32.2. The number of hydrogen-bond donors (Lipinski definition) is 1. The molecule has 0 saturated heterocycles. The first-order chi connectivity index (χ1) is 11.9. The third-order valence-corrected chi connectivity index (χ3v) is 5.38. The zero-order chi connectivity index (χ0) is 18.0. The third-order valence-electron chi connectivity index (χ3n) is 4.22. The lowest BCUT2D eigenvalue weighted by atomic mass is 10.1. The van der Waals surface area contributed by atoms with E-state index in [1.54, 1.807) is 16.7 Å². The lowest BCUT2D eigenvalue weighted by molar-refractivity contribution is -0.121. The van der Waals surface area contributed by atoms with Gasteiger partial charge in [-0.25, -0.2) is 0 Å². The number of para-hydroxylation sites is 1. The Kier molecular flexibility index (Phi) is 5.13. The summed E-state index contributed by atoms with van der Waals surface area (Å²) in [6.45, 7) is 6.01. The molecule has 1 atom stereocenters. The van der Waals surface area contributed by atoms with Crippen molar-refractivity contribution in [3.8, 4) is 0 Å². The standard InChI is InChI=1S/C20H22N2O2S/c1-13-8-9-14(2)16(10-13)21-19(23)12-22-17-6-4-5-7-18(17)25-15(3)11-20(22)24/h4-10,15H,11-12H2,1-3H3,(H,21,23). The number of fused-ring (bicyclic) bond motifs is 1. The molecule has 3 rings (SSSR count). The number of nitrogens with zero attached hydrogens (tertiary/aromatic N) is 1. The summed E-state index contributed by atoms with van der Waals surface area (Å²) in [4.78, 5) is 27.9. The van der Waals surface area contributed by atoms with Crippen LogP contribution in [0.5, 0.6) is 0 Å². The highest BCUT2D eigenvalue weighted by molar-refractivity contribution is 8.00. The number of aryl methyl sites for hydroxylation is 2. The molecule has 2 aromatic carbocycles. The van der Waals surface area contributed by atoms with Crippen LogP contribution in [-0.2, 0) is 9.59 Å². The van der Waals surface area contributed by atoms with Gasteiger partial charge in [0, 0.05) is 22.3 Å². The van der Waals surface area contributed by atoms with Gasteiger partial charge in [-0.05, 0) is 43.2 Å². The molecule has 1 heterocycles. The fourth-order valence-corrected chi connectivity index (χ4v) is 4.02. The number of nitrogens with one attached hydrogen (secondary N) is 1. The van der Waals surface area contributed by atoms with E-state index in [1.165, 1.54) is 0 Å². The van der Waals surface area contributed by atoms with Gasteiger partial charge in [0.2, 0.25) is 11.8 Å². The number of rotatable bonds is 3. The number of hydrogen-bond acceptors (Lipinski definition) is 3. The van der Waals surface area contributed by atoms with Gasteiger partial charge >= 0.3 is 0 Å². The molecule has 1 unspecified atom stereocenters. The SMILES string of the molecule is Cc1ccc(C)c(NC(=O)CN2C(=O)CC(C)Sc3ccccc32)c1. The molecular formula is C20H22N2O2S. The molecule has 1 aliphatic rings. The zero-order valence-electron chi connectivity index (χ0n) is 14.7. The monoisotopic (exact) mass is 354 g/mol. The highest BCUT2D eigenvalue weighted by Gasteiger charge is 2.27. The van der Waals surface area contributed by atoms with Gasteiger partial charge in [0.25, 0.3) is 0 Å². The van der Waals surface area contributed by atoms with Gasteiger partial charge in [-0.15, -0.1) is 11.8 Å². The van der Waals surface area contributed by atoms with Crippen molar-refractivity contribution in [2.45, 2.75) is 37.3 Å². The van der Waals surface area contributed by atoms with Crippen LogP contribution in [0.3, 0.4) is 0 Å². The molecule has 130 valence electrons. The Bertz CT molecular complexity index is 819. The molecule has 0 aliphatic carbocycles. The summed E-state index contributed by atoms with van der Waals surface area (Å²) >= 11 is 1.68. The maximum absolute atomic E-state index is 12.6. The maximum Gasteiger partial charge on any atom is 0.244 e. The largest absolute Gasteiger partial charge is 0.324 e. The fourth-order valence-electron chi connectivity index (χ4n) is 2.91. The first kappa shape index (κ1) is 17.5. The average Bonchev–Trinajstić information content (AvgIpc) is 2.67. The van der Waals surface area contributed by atoms with Gasteiger partial charge in [0.15, 0.2) is 0 Å². The molecule has 5 heteroatoms. The number of thioether (sulfide) groups is 1. The first-order valence-electron chi connectivity index (χ1n) is 8.37. The Balaban J connectivity index is 1.82. The van der Waals surface area contributed by atoms with Crippen molar-refractivity contribution < 1.29 is 9.59 Å². The van der Waals surface area contributed by atoms with Crippen LogP contribution < -0.4 is 10.2 Å². The Morgan fingerprint density at radius 2 is 2.00 bits per heavy atom. The minimum Gasteiger partial charge on any atom is -0.324 e. The van der Waals surface area contributed by atoms with Crippen LogP contribution in [0, 0.1) is 13.8 Å². The topological polar surface area (TPSA) is 49.4 Å². The summed E-state index contributed by atoms with van der Waals surface area (Å²) in [5.41, 5.74) is 3.70. The van der Waals surface area contributed by atoms with Gasteiger partial charge in [-0.3, -0.25) is 9.59 Å². The van der Waals surface area contributed by atoms with Crippen LogP contribution in [0.1, 0.15) is 24.5 Å². The summed E-state index contributed by atoms with van der Waals surface area (Å²) < 4.78 is 0. The molecule has 2 amide bonds. The number of amides is 2. The van der Waals surface area contributed by atoms with Crippen molar-refractivity contribution in [2.24, 2.45) is 0 Å². The fraction of sp³-hybridized carbons (Fsp3) is 0.300. The molecular weight excluding hydrogens is 332 g/mol. The van der Waals surface area contributed by atoms with Crippen LogP contribution >= 0.6 is 11.8 Å². The van der Waals surface area contributed by atoms with Crippen molar-refractivity contribution in [3.05, 3.63) is 53.6 Å². The number of benzene rings is 2. The average molecular weight is 354 g/mol. The molecule has 0 radical (unpaired) electrons. The van der Waals surface area contributed by atoms with E-state index in [0.717, 1.165) is 27.4 Å². The minimum atomic E-state index is -0.184. The summed E-state index contributed by atoms with van der Waals surface area (Å²) in [6, 6.07) is 13.7. The minimum absolute atomic E-state index is 0.0129. The van der Waals surface area contributed by atoms with Crippen molar-refractivity contribution in [3.63, 3.8) is 0 Å². The van der Waals surface area contributed by atoms with Gasteiger partial charge in [0.05, 0.1) is 5.69 Å². The van der Waals surface area contributed by atoms with Gasteiger partial charge in [-0.2, -0.15) is 0 Å². The number of carbonyl (C=O) groups is 2. The van der Waals surface area contributed by atoms with E-state index in [1.807, 2.05) is 63.2 Å². The van der Waals surface area contributed by atoms with Crippen molar-refractivity contribution in [1.82, 2.24) is 0 Å². The smallest absolute Gasteiger partial charge is 0.244 e. The Morgan fingerprint density at radius 1 is 1.24 bits per heavy atom. The normalized spacial score (nSPS) is 17.0. The predicted octanol–water partition coefficient (Wildman–Crippen LogP) is 4.16. The zero-order valence-corrected chi connectivity index (χ0v) is 15.5. The second kappa shape index (κ2) is 7.31. The maximum atomic E-state index is 12.6. The van der Waals surface area contributed by atoms with Crippen LogP contribution in [0.15, 0.2) is 47.4 Å². The van der Waals surface area contributed by atoms with E-state index in [4.69, 9.17) is 0 Å². The van der Waals surface area contributed by atoms with Crippen LogP contribution in [0.25, 0.3) is 0 Å². The Hall–Kier alpha value is -2.27. The summed E-state index contributed by atoms with van der Waals surface area (Å²) in [5, 5.41) is 3.14. The number of carbonyl (C=O) groups excluding carboxylic acids is 2. The highest BCUT2D eigenvalue weighted by Crippen LogP contribution is 2.37. The predicted molar refractivity (Wildman–Crippen MR) is 103 cm³/mol. The summed E-state index contributed by atoms with van der Waals surface area (Å²) in [7, 11) is 0. The van der Waals surface area contributed by atoms with Gasteiger partial charge in [-0.1, -0.05) is 31.2 Å². The van der Waals surface area contributed by atoms with Gasteiger partial charge in [0.1, 0.15) is 6.54 Å². The first-order valence-corrected chi connectivity index (χ1v) is 9.25. The molecule has 0 saturated carbocycles.